The fourth-order valence-electron chi connectivity index (χ4n) is 2.20. The lowest BCUT2D eigenvalue weighted by Gasteiger charge is -2.03. The maximum atomic E-state index is 12.0. The van der Waals surface area contributed by atoms with Crippen molar-refractivity contribution in [2.24, 2.45) is 7.05 Å². The lowest BCUT2D eigenvalue weighted by molar-refractivity contribution is 0.0951. The number of imidazole rings is 1. The van der Waals surface area contributed by atoms with E-state index in [0.29, 0.717) is 11.6 Å². The number of amides is 1. The molecule has 1 aromatic heterocycles. The molecule has 0 aliphatic heterocycles. The van der Waals surface area contributed by atoms with E-state index >= 15 is 0 Å². The average Bonchev–Trinajstić information content (AvgIpc) is 3.13. The summed E-state index contributed by atoms with van der Waals surface area (Å²) < 4.78 is 2.08. The molecule has 0 radical (unpaired) electrons. The molecule has 2 aromatic rings. The highest BCUT2D eigenvalue weighted by Crippen LogP contribution is 2.21. The zero-order valence-electron chi connectivity index (χ0n) is 10.7. The zero-order valence-corrected chi connectivity index (χ0v) is 10.7. The fourth-order valence-corrected chi connectivity index (χ4v) is 2.20. The second-order valence-electron chi connectivity index (χ2n) is 4.89. The van der Waals surface area contributed by atoms with Gasteiger partial charge in [0, 0.05) is 25.1 Å². The van der Waals surface area contributed by atoms with Gasteiger partial charge in [-0.05, 0) is 31.0 Å². The van der Waals surface area contributed by atoms with E-state index in [1.807, 2.05) is 25.2 Å². The number of hydrogen-bond acceptors (Lipinski definition) is 2. The van der Waals surface area contributed by atoms with Crippen molar-refractivity contribution in [3.8, 4) is 0 Å². The summed E-state index contributed by atoms with van der Waals surface area (Å²) in [5.41, 5.74) is 2.68. The monoisotopic (exact) mass is 243 g/mol. The van der Waals surface area contributed by atoms with E-state index in [1.54, 1.807) is 0 Å². The second kappa shape index (κ2) is 4.12. The van der Waals surface area contributed by atoms with Crippen LogP contribution in [0.25, 0.3) is 11.0 Å². The van der Waals surface area contributed by atoms with Gasteiger partial charge < -0.3 is 9.88 Å². The number of carbonyl (C=O) groups excluding carboxylic acids is 1. The molecule has 1 aliphatic rings. The molecule has 1 heterocycles. The predicted molar refractivity (Wildman–Crippen MR) is 70.6 cm³/mol. The van der Waals surface area contributed by atoms with Gasteiger partial charge in [0.1, 0.15) is 5.82 Å². The number of nitrogens with one attached hydrogen (secondary N) is 1. The highest BCUT2D eigenvalue weighted by atomic mass is 16.1. The SMILES string of the molecule is CCc1nc2cc(C(=O)NC3CC3)ccc2n1C. The molecular formula is C14H17N3O. The molecule has 0 bridgehead atoms. The van der Waals surface area contributed by atoms with Crippen molar-refractivity contribution in [2.45, 2.75) is 32.2 Å². The van der Waals surface area contributed by atoms with Gasteiger partial charge in [0.15, 0.2) is 0 Å². The first-order valence-corrected chi connectivity index (χ1v) is 6.45. The summed E-state index contributed by atoms with van der Waals surface area (Å²) in [5, 5.41) is 3.00. The molecule has 0 atom stereocenters. The topological polar surface area (TPSA) is 46.9 Å². The van der Waals surface area contributed by atoms with Crippen molar-refractivity contribution in [1.29, 1.82) is 0 Å². The third-order valence-electron chi connectivity index (χ3n) is 3.46. The molecule has 1 fully saturated rings. The second-order valence-corrected chi connectivity index (χ2v) is 4.89. The van der Waals surface area contributed by atoms with Gasteiger partial charge in [0.05, 0.1) is 11.0 Å². The van der Waals surface area contributed by atoms with E-state index in [4.69, 9.17) is 0 Å². The van der Waals surface area contributed by atoms with Crippen LogP contribution in [0.1, 0.15) is 35.9 Å². The summed E-state index contributed by atoms with van der Waals surface area (Å²) in [6.45, 7) is 2.09. The first-order valence-electron chi connectivity index (χ1n) is 6.45. The molecule has 1 N–H and O–H groups in total. The third kappa shape index (κ3) is 1.88. The van der Waals surface area contributed by atoms with Crippen LogP contribution in [0.4, 0.5) is 0 Å². The smallest absolute Gasteiger partial charge is 0.251 e. The highest BCUT2D eigenvalue weighted by molar-refractivity contribution is 5.97. The Labute approximate surface area is 106 Å². The van der Waals surface area contributed by atoms with E-state index in [2.05, 4.69) is 21.8 Å². The number of nitrogens with zero attached hydrogens (tertiary/aromatic N) is 2. The van der Waals surface area contributed by atoms with Crippen molar-refractivity contribution in [3.63, 3.8) is 0 Å². The Hall–Kier alpha value is -1.84. The number of benzene rings is 1. The van der Waals surface area contributed by atoms with Crippen LogP contribution in [0.15, 0.2) is 18.2 Å². The molecule has 1 aliphatic carbocycles. The van der Waals surface area contributed by atoms with Gasteiger partial charge in [-0.3, -0.25) is 4.79 Å². The number of aryl methyl sites for hydroxylation is 2. The summed E-state index contributed by atoms with van der Waals surface area (Å²) in [7, 11) is 2.01. The number of rotatable bonds is 3. The summed E-state index contributed by atoms with van der Waals surface area (Å²) in [6, 6.07) is 6.12. The lowest BCUT2D eigenvalue weighted by atomic mass is 10.2. The lowest BCUT2D eigenvalue weighted by Crippen LogP contribution is -2.25. The summed E-state index contributed by atoms with van der Waals surface area (Å²) >= 11 is 0. The van der Waals surface area contributed by atoms with Crippen LogP contribution >= 0.6 is 0 Å². The van der Waals surface area contributed by atoms with Crippen molar-refractivity contribution >= 4 is 16.9 Å². The van der Waals surface area contributed by atoms with Crippen LogP contribution in [0.3, 0.4) is 0 Å². The predicted octanol–water partition coefficient (Wildman–Crippen LogP) is 2.03. The van der Waals surface area contributed by atoms with Gasteiger partial charge >= 0.3 is 0 Å². The Bertz CT molecular complexity index is 611. The van der Waals surface area contributed by atoms with E-state index < -0.39 is 0 Å². The van der Waals surface area contributed by atoms with Crippen LogP contribution in [0, 0.1) is 0 Å². The van der Waals surface area contributed by atoms with E-state index in [1.165, 1.54) is 0 Å². The van der Waals surface area contributed by atoms with Gasteiger partial charge in [-0.25, -0.2) is 4.98 Å². The molecule has 1 aromatic carbocycles. The molecule has 0 saturated heterocycles. The fraction of sp³-hybridized carbons (Fsp3) is 0.429. The van der Waals surface area contributed by atoms with Gasteiger partial charge in [-0.15, -0.1) is 0 Å². The standard InChI is InChI=1S/C14H17N3O/c1-3-13-16-11-8-9(4-7-12(11)17(13)2)14(18)15-10-5-6-10/h4,7-8,10H,3,5-6H2,1-2H3,(H,15,18). The van der Waals surface area contributed by atoms with Crippen LogP contribution in [0.2, 0.25) is 0 Å². The summed E-state index contributed by atoms with van der Waals surface area (Å²) in [4.78, 5) is 16.5. The molecular weight excluding hydrogens is 226 g/mol. The van der Waals surface area contributed by atoms with E-state index in [9.17, 15) is 4.79 Å². The Morgan fingerprint density at radius 3 is 2.94 bits per heavy atom. The molecule has 1 amide bonds. The van der Waals surface area contributed by atoms with Gasteiger partial charge in [0.2, 0.25) is 0 Å². The quantitative estimate of drug-likeness (QED) is 0.896. The van der Waals surface area contributed by atoms with Gasteiger partial charge in [-0.1, -0.05) is 6.92 Å². The molecule has 4 heteroatoms. The number of hydrogen-bond donors (Lipinski definition) is 1. The molecule has 0 spiro atoms. The number of carbonyl (C=O) groups is 1. The average molecular weight is 243 g/mol. The highest BCUT2D eigenvalue weighted by Gasteiger charge is 2.24. The molecule has 1 saturated carbocycles. The normalized spacial score (nSPS) is 15.0. The minimum absolute atomic E-state index is 0.0168. The van der Waals surface area contributed by atoms with E-state index in [0.717, 1.165) is 36.1 Å². The zero-order chi connectivity index (χ0) is 12.7. The molecule has 3 rings (SSSR count). The number of aromatic nitrogens is 2. The molecule has 18 heavy (non-hydrogen) atoms. The molecule has 94 valence electrons. The first-order chi connectivity index (χ1) is 8.69. The van der Waals surface area contributed by atoms with E-state index in [-0.39, 0.29) is 5.91 Å². The maximum Gasteiger partial charge on any atom is 0.251 e. The van der Waals surface area contributed by atoms with Crippen LogP contribution in [-0.4, -0.2) is 21.5 Å². The summed E-state index contributed by atoms with van der Waals surface area (Å²) in [5.74, 6) is 1.06. The number of fused-ring (bicyclic) bond motifs is 1. The van der Waals surface area contributed by atoms with Crippen LogP contribution < -0.4 is 5.32 Å². The summed E-state index contributed by atoms with van der Waals surface area (Å²) in [6.07, 6.45) is 3.11. The Morgan fingerprint density at radius 1 is 1.50 bits per heavy atom. The Morgan fingerprint density at radius 2 is 2.28 bits per heavy atom. The van der Waals surface area contributed by atoms with Gasteiger partial charge in [-0.2, -0.15) is 0 Å². The van der Waals surface area contributed by atoms with Crippen molar-refractivity contribution < 1.29 is 4.79 Å². The minimum atomic E-state index is 0.0168. The van der Waals surface area contributed by atoms with Crippen LogP contribution in [0.5, 0.6) is 0 Å². The first kappa shape index (κ1) is 11.3. The van der Waals surface area contributed by atoms with Crippen molar-refractivity contribution in [1.82, 2.24) is 14.9 Å². The Kier molecular flexibility index (Phi) is 2.58. The van der Waals surface area contributed by atoms with Crippen molar-refractivity contribution in [2.75, 3.05) is 0 Å². The van der Waals surface area contributed by atoms with Crippen molar-refractivity contribution in [3.05, 3.63) is 29.6 Å². The van der Waals surface area contributed by atoms with Crippen LogP contribution in [-0.2, 0) is 13.5 Å². The molecule has 0 unspecified atom stereocenters. The minimum Gasteiger partial charge on any atom is -0.349 e. The largest absolute Gasteiger partial charge is 0.349 e. The third-order valence-corrected chi connectivity index (χ3v) is 3.46. The maximum absolute atomic E-state index is 12.0. The van der Waals surface area contributed by atoms with Gasteiger partial charge in [0.25, 0.3) is 5.91 Å². The molecule has 4 nitrogen and oxygen atoms in total. The Balaban J connectivity index is 1.97.